The molecular weight excluding hydrogens is 704 g/mol. The Morgan fingerprint density at radius 1 is 1.02 bits per heavy atom. The van der Waals surface area contributed by atoms with Gasteiger partial charge in [0.1, 0.15) is 6.04 Å². The fourth-order valence-corrected chi connectivity index (χ4v) is 8.22. The Bertz CT molecular complexity index is 1400. The highest BCUT2D eigenvalue weighted by Gasteiger charge is 2.43. The second kappa shape index (κ2) is 22.2. The van der Waals surface area contributed by atoms with Crippen LogP contribution in [-0.4, -0.2) is 134 Å². The number of rotatable bonds is 20. The molecule has 3 rings (SSSR count). The van der Waals surface area contributed by atoms with E-state index in [2.05, 4.69) is 21.3 Å². The second-order valence-electron chi connectivity index (χ2n) is 15.8. The second-order valence-corrected chi connectivity index (χ2v) is 15.8. The van der Waals surface area contributed by atoms with Crippen LogP contribution in [0.15, 0.2) is 30.3 Å². The van der Waals surface area contributed by atoms with Crippen LogP contribution in [0, 0.1) is 17.8 Å². The minimum atomic E-state index is -0.823. The van der Waals surface area contributed by atoms with Crippen LogP contribution in [0.3, 0.4) is 0 Å². The first-order chi connectivity index (χ1) is 26.2. The molecular formula is C41H68N6O8. The van der Waals surface area contributed by atoms with Gasteiger partial charge in [-0.15, -0.1) is 0 Å². The van der Waals surface area contributed by atoms with Crippen molar-refractivity contribution in [3.63, 3.8) is 0 Å². The van der Waals surface area contributed by atoms with E-state index < -0.39 is 42.3 Å². The summed E-state index contributed by atoms with van der Waals surface area (Å²) < 4.78 is 11.9. The Labute approximate surface area is 328 Å². The number of aliphatic hydroxyl groups excluding tert-OH is 1. The monoisotopic (exact) mass is 773 g/mol. The lowest BCUT2D eigenvalue weighted by Crippen LogP contribution is -2.60. The van der Waals surface area contributed by atoms with Crippen LogP contribution in [0.5, 0.6) is 0 Å². The predicted molar refractivity (Wildman–Crippen MR) is 211 cm³/mol. The minimum absolute atomic E-state index is 0.00946. The first-order valence-corrected chi connectivity index (χ1v) is 20.0. The topological polar surface area (TPSA) is 179 Å². The Morgan fingerprint density at radius 2 is 1.71 bits per heavy atom. The molecule has 0 bridgehead atoms. The number of hydrogen-bond donors (Lipinski definition) is 5. The quantitative estimate of drug-likeness (QED) is 0.133. The van der Waals surface area contributed by atoms with Gasteiger partial charge in [0.25, 0.3) is 0 Å². The summed E-state index contributed by atoms with van der Waals surface area (Å²) in [6.07, 6.45) is 2.53. The number of piperidine rings is 1. The van der Waals surface area contributed by atoms with E-state index in [1.54, 1.807) is 38.0 Å². The molecule has 10 atom stereocenters. The Morgan fingerprint density at radius 3 is 2.29 bits per heavy atom. The van der Waals surface area contributed by atoms with Gasteiger partial charge in [-0.2, -0.15) is 0 Å². The van der Waals surface area contributed by atoms with Crippen molar-refractivity contribution >= 4 is 29.5 Å². The molecule has 2 aliphatic rings. The molecule has 2 fully saturated rings. The molecule has 2 aliphatic heterocycles. The first kappa shape index (κ1) is 45.8. The van der Waals surface area contributed by atoms with Crippen molar-refractivity contribution in [1.82, 2.24) is 31.1 Å². The van der Waals surface area contributed by atoms with Crippen molar-refractivity contribution in [3.8, 4) is 0 Å². The Balaban J connectivity index is 1.73. The third-order valence-corrected chi connectivity index (χ3v) is 11.5. The summed E-state index contributed by atoms with van der Waals surface area (Å²) in [6, 6.07) is 6.86. The molecule has 1 aromatic carbocycles. The van der Waals surface area contributed by atoms with E-state index in [0.717, 1.165) is 18.4 Å². The van der Waals surface area contributed by atoms with Gasteiger partial charge in [-0.05, 0) is 56.0 Å². The number of likely N-dealkylation sites (tertiary alicyclic amines) is 1. The zero-order valence-electron chi connectivity index (χ0n) is 34.5. The maximum absolute atomic E-state index is 14.3. The number of aliphatic hydroxyl groups is 1. The van der Waals surface area contributed by atoms with Crippen molar-refractivity contribution in [2.75, 3.05) is 41.0 Å². The summed E-state index contributed by atoms with van der Waals surface area (Å²) in [5, 5.41) is 22.1. The van der Waals surface area contributed by atoms with Crippen LogP contribution in [0.1, 0.15) is 85.6 Å². The van der Waals surface area contributed by atoms with E-state index in [9.17, 15) is 29.1 Å². The average Bonchev–Trinajstić information content (AvgIpc) is 3.65. The van der Waals surface area contributed by atoms with E-state index in [1.165, 1.54) is 6.92 Å². The number of likely N-dealkylation sites (N-methyl/N-ethyl adjacent to an activating group) is 1. The molecule has 5 amide bonds. The molecule has 0 saturated carbocycles. The van der Waals surface area contributed by atoms with E-state index >= 15 is 0 Å². The number of nitrogens with one attached hydrogen (secondary N) is 4. The van der Waals surface area contributed by atoms with Crippen molar-refractivity contribution in [1.29, 1.82) is 0 Å². The fourth-order valence-electron chi connectivity index (χ4n) is 8.22. The van der Waals surface area contributed by atoms with Gasteiger partial charge in [-0.3, -0.25) is 24.0 Å². The lowest BCUT2D eigenvalue weighted by molar-refractivity contribution is -0.147. The highest BCUT2D eigenvalue weighted by Crippen LogP contribution is 2.30. The molecule has 2 heterocycles. The van der Waals surface area contributed by atoms with Crippen LogP contribution >= 0.6 is 0 Å². The predicted octanol–water partition coefficient (Wildman–Crippen LogP) is 2.02. The molecule has 5 N–H and O–H groups in total. The van der Waals surface area contributed by atoms with Gasteiger partial charge in [-0.25, -0.2) is 0 Å². The molecule has 0 spiro atoms. The molecule has 2 unspecified atom stereocenters. The van der Waals surface area contributed by atoms with Gasteiger partial charge < -0.3 is 45.6 Å². The van der Waals surface area contributed by atoms with E-state index in [1.807, 2.05) is 58.0 Å². The van der Waals surface area contributed by atoms with Crippen LogP contribution in [0.4, 0.5) is 0 Å². The summed E-state index contributed by atoms with van der Waals surface area (Å²) in [4.78, 5) is 70.5. The molecule has 0 radical (unpaired) electrons. The number of nitrogens with zero attached hydrogens (tertiary/aromatic N) is 2. The lowest BCUT2D eigenvalue weighted by atomic mass is 9.89. The van der Waals surface area contributed by atoms with Gasteiger partial charge in [0, 0.05) is 40.8 Å². The smallest absolute Gasteiger partial charge is 0.245 e. The number of amides is 5. The summed E-state index contributed by atoms with van der Waals surface area (Å²) >= 11 is 0. The number of methoxy groups -OCH3 is 2. The average molecular weight is 773 g/mol. The van der Waals surface area contributed by atoms with Crippen LogP contribution in [0.25, 0.3) is 0 Å². The largest absolute Gasteiger partial charge is 0.394 e. The Kier molecular flexibility index (Phi) is 18.5. The molecule has 0 aromatic heterocycles. The summed E-state index contributed by atoms with van der Waals surface area (Å²) in [6.45, 7) is 11.9. The van der Waals surface area contributed by atoms with Crippen LogP contribution < -0.4 is 21.3 Å². The highest BCUT2D eigenvalue weighted by molar-refractivity contribution is 5.90. The fraction of sp³-hybridized carbons (Fsp3) is 0.732. The number of hydrogen-bond acceptors (Lipinski definition) is 9. The Hall–Kier alpha value is -3.59. The summed E-state index contributed by atoms with van der Waals surface area (Å²) in [5.74, 6) is -2.01. The van der Waals surface area contributed by atoms with Crippen molar-refractivity contribution < 1.29 is 38.6 Å². The maximum Gasteiger partial charge on any atom is 0.245 e. The molecule has 0 aliphatic carbocycles. The van der Waals surface area contributed by atoms with E-state index in [4.69, 9.17) is 9.47 Å². The molecule has 310 valence electrons. The van der Waals surface area contributed by atoms with Crippen LogP contribution in [-0.2, 0) is 39.9 Å². The molecule has 55 heavy (non-hydrogen) atoms. The molecule has 14 nitrogen and oxygen atoms in total. The third kappa shape index (κ3) is 12.7. The SMILES string of the molecule is CC[C@H](C)[C@@H]([C@@H](CC(=O)N1CCC[C@H]1[C@H](OC)[C@@H](C)C(=O)N[C@H](CO)Cc1ccccc1)OC)N(C)C(=O)[C@@H](NC(=O)C1CC(NC(C)=O)CCN1)C(C)C. The number of carbonyl (C=O) groups is 5. The standard InChI is InChI=1S/C41H68N6O8/c1-10-26(4)37(46(7)41(53)36(25(2)3)45-40(52)32-22-30(18-19-42-32)43-28(6)49)34(54-8)23-35(50)47-20-14-17-33(47)38(55-9)27(5)39(51)44-31(24-48)21-29-15-12-11-13-16-29/h11-13,15-16,25-27,30-34,36-38,42,48H,10,14,17-24H2,1-9H3,(H,43,49)(H,44,51)(H,45,52)/t26-,27+,30?,31-,32?,33-,34+,36-,37-,38+/m0/s1. The summed E-state index contributed by atoms with van der Waals surface area (Å²) in [7, 11) is 4.81. The molecule has 14 heteroatoms. The third-order valence-electron chi connectivity index (χ3n) is 11.5. The zero-order chi connectivity index (χ0) is 40.8. The summed E-state index contributed by atoms with van der Waals surface area (Å²) in [5.41, 5.74) is 1.00. The van der Waals surface area contributed by atoms with E-state index in [0.29, 0.717) is 38.8 Å². The van der Waals surface area contributed by atoms with Gasteiger partial charge in [-0.1, -0.05) is 71.4 Å². The molecule has 2 saturated heterocycles. The van der Waals surface area contributed by atoms with Crippen molar-refractivity contribution in [2.45, 2.75) is 135 Å². The maximum atomic E-state index is 14.3. The van der Waals surface area contributed by atoms with Gasteiger partial charge in [0.05, 0.1) is 55.3 Å². The van der Waals surface area contributed by atoms with Gasteiger partial charge >= 0.3 is 0 Å². The number of carbonyl (C=O) groups excluding carboxylic acids is 5. The lowest BCUT2D eigenvalue weighted by Gasteiger charge is -2.41. The zero-order valence-corrected chi connectivity index (χ0v) is 34.5. The van der Waals surface area contributed by atoms with Gasteiger partial charge in [0.2, 0.25) is 29.5 Å². The van der Waals surface area contributed by atoms with Crippen molar-refractivity contribution in [2.24, 2.45) is 17.8 Å². The normalized spacial score (nSPS) is 22.5. The van der Waals surface area contributed by atoms with Gasteiger partial charge in [0.15, 0.2) is 0 Å². The van der Waals surface area contributed by atoms with E-state index in [-0.39, 0.29) is 66.5 Å². The highest BCUT2D eigenvalue weighted by atomic mass is 16.5. The minimum Gasteiger partial charge on any atom is -0.394 e. The van der Waals surface area contributed by atoms with Crippen LogP contribution in [0.2, 0.25) is 0 Å². The van der Waals surface area contributed by atoms with Crippen molar-refractivity contribution in [3.05, 3.63) is 35.9 Å². The molecule has 1 aromatic rings. The number of benzene rings is 1. The first-order valence-electron chi connectivity index (χ1n) is 20.0. The number of ether oxygens (including phenoxy) is 2.